The lowest BCUT2D eigenvalue weighted by atomic mass is 9.95. The van der Waals surface area contributed by atoms with Gasteiger partial charge in [-0.1, -0.05) is 41.4 Å². The third-order valence-corrected chi connectivity index (χ3v) is 6.01. The van der Waals surface area contributed by atoms with Gasteiger partial charge in [-0.15, -0.1) is 5.10 Å². The summed E-state index contributed by atoms with van der Waals surface area (Å²) >= 11 is 12.2. The summed E-state index contributed by atoms with van der Waals surface area (Å²) < 4.78 is 1.57. The number of aromatic amines is 1. The minimum Gasteiger partial charge on any atom is -0.343 e. The predicted octanol–water partition coefficient (Wildman–Crippen LogP) is 3.38. The summed E-state index contributed by atoms with van der Waals surface area (Å²) in [6.07, 6.45) is 2.94. The number of carbonyl (C=O) groups excluding carboxylic acids is 1. The lowest BCUT2D eigenvalue weighted by Gasteiger charge is -2.31. The number of piperidine rings is 1. The van der Waals surface area contributed by atoms with Crippen molar-refractivity contribution in [1.82, 2.24) is 29.9 Å². The van der Waals surface area contributed by atoms with Crippen LogP contribution in [-0.2, 0) is 11.3 Å². The Morgan fingerprint density at radius 3 is 2.73 bits per heavy atom. The second kappa shape index (κ2) is 8.73. The van der Waals surface area contributed by atoms with Crippen molar-refractivity contribution in [2.45, 2.75) is 45.1 Å². The summed E-state index contributed by atoms with van der Waals surface area (Å²) in [7, 11) is 0. The maximum Gasteiger partial charge on any atom is 0.281 e. The normalized spacial score (nSPS) is 15.1. The molecule has 2 aromatic heterocycles. The summed E-state index contributed by atoms with van der Waals surface area (Å²) in [5, 5.41) is 9.15. The van der Waals surface area contributed by atoms with Crippen molar-refractivity contribution in [2.75, 3.05) is 13.1 Å². The molecular weight excluding hydrogens is 427 g/mol. The van der Waals surface area contributed by atoms with Gasteiger partial charge < -0.3 is 9.88 Å². The molecule has 1 aliphatic rings. The molecule has 0 aliphatic carbocycles. The number of nitrogens with one attached hydrogen (secondary N) is 1. The fourth-order valence-electron chi connectivity index (χ4n) is 3.77. The number of fused-ring (bicyclic) bond motifs is 1. The van der Waals surface area contributed by atoms with E-state index in [-0.39, 0.29) is 22.9 Å². The van der Waals surface area contributed by atoms with E-state index in [0.29, 0.717) is 47.6 Å². The van der Waals surface area contributed by atoms with E-state index in [1.165, 1.54) is 0 Å². The minimum atomic E-state index is -0.312. The maximum atomic E-state index is 12.6. The molecule has 4 rings (SSSR count). The van der Waals surface area contributed by atoms with Gasteiger partial charge in [0, 0.05) is 35.5 Å². The van der Waals surface area contributed by atoms with Gasteiger partial charge in [-0.05, 0) is 37.0 Å². The second-order valence-corrected chi connectivity index (χ2v) is 8.35. The predicted molar refractivity (Wildman–Crippen MR) is 115 cm³/mol. The molecule has 1 saturated heterocycles. The van der Waals surface area contributed by atoms with Crippen molar-refractivity contribution in [3.63, 3.8) is 0 Å². The molecule has 0 unspecified atom stereocenters. The summed E-state index contributed by atoms with van der Waals surface area (Å²) in [5.74, 6) is 0.881. The number of rotatable bonds is 5. The van der Waals surface area contributed by atoms with Gasteiger partial charge in [0.25, 0.3) is 5.56 Å². The van der Waals surface area contributed by atoms with Gasteiger partial charge in [0.05, 0.1) is 6.54 Å². The number of aromatic nitrogens is 5. The molecule has 10 heteroatoms. The van der Waals surface area contributed by atoms with Crippen LogP contribution in [0, 0.1) is 0 Å². The molecule has 0 atom stereocenters. The molecule has 1 aromatic carbocycles. The lowest BCUT2D eigenvalue weighted by molar-refractivity contribution is -0.132. The Kier molecular flexibility index (Phi) is 6.06. The van der Waals surface area contributed by atoms with Crippen molar-refractivity contribution in [3.05, 3.63) is 50.0 Å². The zero-order valence-electron chi connectivity index (χ0n) is 16.6. The van der Waals surface area contributed by atoms with Gasteiger partial charge in [0.15, 0.2) is 11.2 Å². The number of hydrogen-bond donors (Lipinski definition) is 1. The fraction of sp³-hybridized carbons (Fsp3) is 0.450. The standard InChI is InChI=1S/C20H22Cl2N6O2/c1-2-3-16(29)27-8-6-12(7-9-27)18-23-19-17(20(30)24-18)25-26-28(19)11-13-4-5-14(21)10-15(13)22/h4-5,10,12H,2-3,6-9,11H2,1H3,(H,23,24,30). The number of carbonyl (C=O) groups is 1. The highest BCUT2D eigenvalue weighted by Gasteiger charge is 2.26. The lowest BCUT2D eigenvalue weighted by Crippen LogP contribution is -2.38. The summed E-state index contributed by atoms with van der Waals surface area (Å²) in [6.45, 7) is 3.67. The molecule has 3 aromatic rings. The van der Waals surface area contributed by atoms with E-state index in [9.17, 15) is 9.59 Å². The largest absolute Gasteiger partial charge is 0.343 e. The highest BCUT2D eigenvalue weighted by Crippen LogP contribution is 2.27. The smallest absolute Gasteiger partial charge is 0.281 e. The van der Waals surface area contributed by atoms with Crippen LogP contribution in [0.2, 0.25) is 10.0 Å². The first-order valence-electron chi connectivity index (χ1n) is 10.0. The van der Waals surface area contributed by atoms with Crippen molar-refractivity contribution < 1.29 is 4.79 Å². The Bertz CT molecular complexity index is 1130. The third kappa shape index (κ3) is 4.20. The molecule has 0 bridgehead atoms. The van der Waals surface area contributed by atoms with E-state index < -0.39 is 0 Å². The van der Waals surface area contributed by atoms with Crippen LogP contribution in [0.5, 0.6) is 0 Å². The van der Waals surface area contributed by atoms with E-state index in [4.69, 9.17) is 23.2 Å². The molecule has 1 amide bonds. The van der Waals surface area contributed by atoms with Gasteiger partial charge in [-0.25, -0.2) is 9.67 Å². The molecule has 8 nitrogen and oxygen atoms in total. The van der Waals surface area contributed by atoms with Crippen molar-refractivity contribution >= 4 is 40.3 Å². The average Bonchev–Trinajstić information content (AvgIpc) is 3.14. The van der Waals surface area contributed by atoms with Crippen molar-refractivity contribution in [2.24, 2.45) is 0 Å². The summed E-state index contributed by atoms with van der Waals surface area (Å²) in [4.78, 5) is 34.1. The number of likely N-dealkylation sites (tertiary alicyclic amines) is 1. The minimum absolute atomic E-state index is 0.0789. The number of nitrogens with zero attached hydrogens (tertiary/aromatic N) is 5. The molecule has 30 heavy (non-hydrogen) atoms. The number of amides is 1. The van der Waals surface area contributed by atoms with Crippen LogP contribution in [0.15, 0.2) is 23.0 Å². The van der Waals surface area contributed by atoms with Crippen LogP contribution in [0.4, 0.5) is 0 Å². The summed E-state index contributed by atoms with van der Waals surface area (Å²) in [6, 6.07) is 5.23. The monoisotopic (exact) mass is 448 g/mol. The number of halogens is 2. The van der Waals surface area contributed by atoms with Gasteiger partial charge in [-0.3, -0.25) is 9.59 Å². The second-order valence-electron chi connectivity index (χ2n) is 7.51. The Morgan fingerprint density at radius 1 is 1.27 bits per heavy atom. The number of hydrogen-bond acceptors (Lipinski definition) is 5. The van der Waals surface area contributed by atoms with Crippen molar-refractivity contribution in [1.29, 1.82) is 0 Å². The first-order valence-corrected chi connectivity index (χ1v) is 10.8. The van der Waals surface area contributed by atoms with Gasteiger partial charge in [0.1, 0.15) is 5.82 Å². The first-order chi connectivity index (χ1) is 14.5. The molecule has 3 heterocycles. The fourth-order valence-corrected chi connectivity index (χ4v) is 4.24. The Balaban J connectivity index is 1.58. The molecule has 1 fully saturated rings. The maximum absolute atomic E-state index is 12.6. The molecule has 1 N–H and O–H groups in total. The van der Waals surface area contributed by atoms with Crippen molar-refractivity contribution in [3.8, 4) is 0 Å². The third-order valence-electron chi connectivity index (χ3n) is 5.43. The topological polar surface area (TPSA) is 96.8 Å². The molecular formula is C20H22Cl2N6O2. The molecule has 0 radical (unpaired) electrons. The van der Waals surface area contributed by atoms with Crippen LogP contribution in [0.25, 0.3) is 11.2 Å². The SMILES string of the molecule is CCCC(=O)N1CCC(c2nc3c(nnn3Cc3ccc(Cl)cc3Cl)c(=O)[nH]2)CC1. The van der Waals surface area contributed by atoms with E-state index >= 15 is 0 Å². The van der Waals surface area contributed by atoms with E-state index in [2.05, 4.69) is 20.3 Å². The zero-order chi connectivity index (χ0) is 21.3. The highest BCUT2D eigenvalue weighted by atomic mass is 35.5. The molecule has 1 aliphatic heterocycles. The van der Waals surface area contributed by atoms with Crippen LogP contribution in [-0.4, -0.2) is 48.9 Å². The average molecular weight is 449 g/mol. The first kappa shape index (κ1) is 20.8. The van der Waals surface area contributed by atoms with E-state index in [0.717, 1.165) is 24.8 Å². The summed E-state index contributed by atoms with van der Waals surface area (Å²) in [5.41, 5.74) is 1.11. The van der Waals surface area contributed by atoms with Crippen LogP contribution in [0.3, 0.4) is 0 Å². The van der Waals surface area contributed by atoms with Crippen LogP contribution < -0.4 is 5.56 Å². The van der Waals surface area contributed by atoms with E-state index in [1.807, 2.05) is 17.9 Å². The quantitative estimate of drug-likeness (QED) is 0.644. The zero-order valence-corrected chi connectivity index (χ0v) is 18.1. The number of H-pyrrole nitrogens is 1. The Morgan fingerprint density at radius 2 is 2.03 bits per heavy atom. The van der Waals surface area contributed by atoms with Gasteiger partial charge in [0.2, 0.25) is 5.91 Å². The highest BCUT2D eigenvalue weighted by molar-refractivity contribution is 6.35. The van der Waals surface area contributed by atoms with Crippen LogP contribution in [0.1, 0.15) is 49.9 Å². The molecule has 158 valence electrons. The molecule has 0 spiro atoms. The molecule has 0 saturated carbocycles. The Labute approximate surface area is 183 Å². The Hall–Kier alpha value is -2.45. The van der Waals surface area contributed by atoms with Crippen LogP contribution >= 0.6 is 23.2 Å². The van der Waals surface area contributed by atoms with Gasteiger partial charge in [-0.2, -0.15) is 0 Å². The number of benzene rings is 1. The van der Waals surface area contributed by atoms with Gasteiger partial charge >= 0.3 is 0 Å². The van der Waals surface area contributed by atoms with E-state index in [1.54, 1.807) is 16.8 Å².